The first-order valence-corrected chi connectivity index (χ1v) is 11.0. The first-order chi connectivity index (χ1) is 14.3. The molecule has 0 spiro atoms. The van der Waals surface area contributed by atoms with Gasteiger partial charge in [-0.25, -0.2) is 9.78 Å². The third kappa shape index (κ3) is 4.01. The fourth-order valence-electron chi connectivity index (χ4n) is 3.64. The van der Waals surface area contributed by atoms with Crippen LogP contribution >= 0.6 is 22.7 Å². The highest BCUT2D eigenvalue weighted by Gasteiger charge is 2.35. The van der Waals surface area contributed by atoms with Crippen LogP contribution in [0.2, 0.25) is 0 Å². The number of carboxylic acids is 1. The van der Waals surface area contributed by atoms with E-state index in [9.17, 15) is 27.9 Å². The number of amides is 1. The Morgan fingerprint density at radius 2 is 1.90 bits per heavy atom. The number of carboxylic acid groups (broad SMARTS) is 1. The zero-order chi connectivity index (χ0) is 21.5. The van der Waals surface area contributed by atoms with Crippen LogP contribution in [0.25, 0.3) is 10.6 Å². The average Bonchev–Trinajstić information content (AvgIpc) is 3.32. The van der Waals surface area contributed by atoms with Crippen LogP contribution in [0.3, 0.4) is 0 Å². The standard InChI is InChI=1S/C19H17F3N2O4S2/c20-19(21,22)13-8-29-16(23-13)14-11-5-6-28-7-12(11)30-17(14)24-15(25)9-3-1-2-4-10(9)18(26)27/h8H,1-7H2,(H,24,25)(H,26,27). The molecule has 0 fully saturated rings. The van der Waals surface area contributed by atoms with Gasteiger partial charge in [0.25, 0.3) is 5.91 Å². The molecule has 2 aromatic heterocycles. The fraction of sp³-hybridized carbons (Fsp3) is 0.421. The predicted molar refractivity (Wildman–Crippen MR) is 106 cm³/mol. The van der Waals surface area contributed by atoms with Gasteiger partial charge in [-0.05, 0) is 37.7 Å². The molecule has 0 atom stereocenters. The van der Waals surface area contributed by atoms with Gasteiger partial charge in [0.1, 0.15) is 10.0 Å². The minimum absolute atomic E-state index is 0.0959. The highest BCUT2D eigenvalue weighted by Crippen LogP contribution is 2.45. The van der Waals surface area contributed by atoms with E-state index < -0.39 is 23.7 Å². The smallest absolute Gasteiger partial charge is 0.434 e. The molecule has 0 saturated carbocycles. The number of nitrogens with zero attached hydrogens (tertiary/aromatic N) is 1. The Bertz CT molecular complexity index is 1040. The van der Waals surface area contributed by atoms with E-state index >= 15 is 0 Å². The number of carbonyl (C=O) groups excluding carboxylic acids is 1. The summed E-state index contributed by atoms with van der Waals surface area (Å²) in [6.45, 7) is 0.736. The number of ether oxygens (including phenoxy) is 1. The zero-order valence-corrected chi connectivity index (χ0v) is 17.2. The molecule has 6 nitrogen and oxygen atoms in total. The van der Waals surface area contributed by atoms with Crippen LogP contribution < -0.4 is 5.32 Å². The average molecular weight is 458 g/mol. The summed E-state index contributed by atoms with van der Waals surface area (Å²) in [5.74, 6) is -1.64. The Morgan fingerprint density at radius 1 is 1.17 bits per heavy atom. The lowest BCUT2D eigenvalue weighted by Crippen LogP contribution is -2.21. The molecule has 0 aromatic carbocycles. The second-order valence-corrected chi connectivity index (χ2v) is 8.93. The minimum atomic E-state index is -4.55. The summed E-state index contributed by atoms with van der Waals surface area (Å²) in [5, 5.41) is 13.7. The normalized spacial score (nSPS) is 17.0. The van der Waals surface area contributed by atoms with Gasteiger partial charge in [-0.1, -0.05) is 0 Å². The number of alkyl halides is 3. The maximum Gasteiger partial charge on any atom is 0.434 e. The second kappa shape index (κ2) is 8.12. The van der Waals surface area contributed by atoms with Gasteiger partial charge in [-0.2, -0.15) is 13.2 Å². The highest BCUT2D eigenvalue weighted by atomic mass is 32.1. The van der Waals surface area contributed by atoms with Crippen molar-refractivity contribution in [2.24, 2.45) is 0 Å². The van der Waals surface area contributed by atoms with E-state index in [0.717, 1.165) is 27.2 Å². The summed E-state index contributed by atoms with van der Waals surface area (Å²) in [5.41, 5.74) is 0.632. The van der Waals surface area contributed by atoms with Crippen molar-refractivity contribution in [3.8, 4) is 10.6 Å². The Hall–Kier alpha value is -2.24. The van der Waals surface area contributed by atoms with Crippen LogP contribution in [-0.2, 0) is 33.5 Å². The number of halogens is 3. The van der Waals surface area contributed by atoms with Crippen LogP contribution in [0.4, 0.5) is 18.2 Å². The van der Waals surface area contributed by atoms with Gasteiger partial charge in [-0.3, -0.25) is 4.79 Å². The second-order valence-electron chi connectivity index (χ2n) is 6.97. The van der Waals surface area contributed by atoms with Gasteiger partial charge < -0.3 is 15.2 Å². The van der Waals surface area contributed by atoms with Crippen molar-refractivity contribution in [3.63, 3.8) is 0 Å². The molecule has 0 radical (unpaired) electrons. The zero-order valence-electron chi connectivity index (χ0n) is 15.6. The SMILES string of the molecule is O=C(O)C1=C(C(=O)Nc2sc3c(c2-c2nc(C(F)(F)F)cs2)CCOC3)CCCC1. The lowest BCUT2D eigenvalue weighted by molar-refractivity contribution is -0.140. The van der Waals surface area contributed by atoms with Crippen molar-refractivity contribution in [3.05, 3.63) is 32.7 Å². The van der Waals surface area contributed by atoms with E-state index in [2.05, 4.69) is 10.3 Å². The van der Waals surface area contributed by atoms with Crippen molar-refractivity contribution >= 4 is 39.6 Å². The van der Waals surface area contributed by atoms with Gasteiger partial charge >= 0.3 is 12.1 Å². The number of anilines is 1. The molecule has 1 aliphatic heterocycles. The number of aliphatic carboxylic acids is 1. The number of carbonyl (C=O) groups is 2. The molecule has 11 heteroatoms. The summed E-state index contributed by atoms with van der Waals surface area (Å²) < 4.78 is 44.6. The molecule has 3 heterocycles. The number of fused-ring (bicyclic) bond motifs is 1. The largest absolute Gasteiger partial charge is 0.478 e. The van der Waals surface area contributed by atoms with Crippen molar-refractivity contribution in [2.45, 2.75) is 44.9 Å². The number of aromatic nitrogens is 1. The third-order valence-corrected chi connectivity index (χ3v) is 7.04. The lowest BCUT2D eigenvalue weighted by Gasteiger charge is -2.17. The van der Waals surface area contributed by atoms with Crippen LogP contribution in [-0.4, -0.2) is 28.6 Å². The molecule has 160 valence electrons. The third-order valence-electron chi connectivity index (χ3n) is 5.06. The Balaban J connectivity index is 1.74. The van der Waals surface area contributed by atoms with E-state index in [4.69, 9.17) is 4.74 Å². The molecule has 30 heavy (non-hydrogen) atoms. The number of thiophene rings is 1. The van der Waals surface area contributed by atoms with E-state index in [1.54, 1.807) is 0 Å². The molecule has 0 bridgehead atoms. The quantitative estimate of drug-likeness (QED) is 0.683. The van der Waals surface area contributed by atoms with Crippen molar-refractivity contribution in [1.82, 2.24) is 4.98 Å². The lowest BCUT2D eigenvalue weighted by atomic mass is 9.91. The molecular weight excluding hydrogens is 441 g/mol. The van der Waals surface area contributed by atoms with E-state index in [1.165, 1.54) is 11.3 Å². The summed E-state index contributed by atoms with van der Waals surface area (Å²) in [7, 11) is 0. The Morgan fingerprint density at radius 3 is 2.57 bits per heavy atom. The van der Waals surface area contributed by atoms with E-state index in [1.807, 2.05) is 0 Å². The monoisotopic (exact) mass is 458 g/mol. The van der Waals surface area contributed by atoms with Gasteiger partial charge in [0.05, 0.1) is 13.2 Å². The molecular formula is C19H17F3N2O4S2. The fourth-order valence-corrected chi connectivity index (χ4v) is 5.79. The van der Waals surface area contributed by atoms with Crippen molar-refractivity contribution in [2.75, 3.05) is 11.9 Å². The molecule has 1 aliphatic carbocycles. The topological polar surface area (TPSA) is 88.5 Å². The maximum atomic E-state index is 13.0. The van der Waals surface area contributed by atoms with E-state index in [0.29, 0.717) is 55.9 Å². The molecule has 2 N–H and O–H groups in total. The number of thiazole rings is 1. The van der Waals surface area contributed by atoms with Gasteiger partial charge in [-0.15, -0.1) is 22.7 Å². The molecule has 4 rings (SSSR count). The molecule has 0 unspecified atom stereocenters. The number of hydrogen-bond donors (Lipinski definition) is 2. The molecule has 2 aromatic rings. The summed E-state index contributed by atoms with van der Waals surface area (Å²) in [6, 6.07) is 0. The molecule has 1 amide bonds. The van der Waals surface area contributed by atoms with Crippen LogP contribution in [0.15, 0.2) is 16.5 Å². The highest BCUT2D eigenvalue weighted by molar-refractivity contribution is 7.18. The Kier molecular flexibility index (Phi) is 5.69. The van der Waals surface area contributed by atoms with Gasteiger partial charge in [0.2, 0.25) is 0 Å². The van der Waals surface area contributed by atoms with Crippen LogP contribution in [0.5, 0.6) is 0 Å². The Labute approximate surface area is 177 Å². The predicted octanol–water partition coefficient (Wildman–Crippen LogP) is 4.86. The molecule has 2 aliphatic rings. The minimum Gasteiger partial charge on any atom is -0.478 e. The summed E-state index contributed by atoms with van der Waals surface area (Å²) in [6.07, 6.45) is -1.97. The molecule has 0 saturated heterocycles. The van der Waals surface area contributed by atoms with Gasteiger partial charge in [0.15, 0.2) is 5.69 Å². The van der Waals surface area contributed by atoms with Gasteiger partial charge in [0, 0.05) is 27.0 Å². The number of hydrogen-bond acceptors (Lipinski definition) is 6. The van der Waals surface area contributed by atoms with E-state index in [-0.39, 0.29) is 16.2 Å². The maximum absolute atomic E-state index is 13.0. The summed E-state index contributed by atoms with van der Waals surface area (Å²) >= 11 is 2.10. The van der Waals surface area contributed by atoms with Crippen molar-refractivity contribution in [1.29, 1.82) is 0 Å². The van der Waals surface area contributed by atoms with Crippen molar-refractivity contribution < 1.29 is 32.6 Å². The van der Waals surface area contributed by atoms with Crippen LogP contribution in [0, 0.1) is 0 Å². The number of nitrogens with one attached hydrogen (secondary N) is 1. The summed E-state index contributed by atoms with van der Waals surface area (Å²) in [4.78, 5) is 29.0. The first-order valence-electron chi connectivity index (χ1n) is 9.27. The first kappa shape index (κ1) is 21.0. The van der Waals surface area contributed by atoms with Crippen LogP contribution in [0.1, 0.15) is 41.8 Å². The number of rotatable bonds is 4.